The molecule has 0 saturated carbocycles. The molecule has 1 heterocycles. The first-order chi connectivity index (χ1) is 10.7. The van der Waals surface area contributed by atoms with E-state index in [0.29, 0.717) is 10.7 Å². The Balaban J connectivity index is 1.94. The third-order valence-electron chi connectivity index (χ3n) is 2.89. The van der Waals surface area contributed by atoms with Gasteiger partial charge in [-0.3, -0.25) is 4.79 Å². The normalized spacial score (nSPS) is 12.8. The summed E-state index contributed by atoms with van der Waals surface area (Å²) in [5, 5.41) is 5.10. The molecule has 0 radical (unpaired) electrons. The third kappa shape index (κ3) is 5.38. The smallest absolute Gasteiger partial charge is 0.238 e. The van der Waals surface area contributed by atoms with Crippen molar-refractivity contribution in [3.8, 4) is 11.3 Å². The van der Waals surface area contributed by atoms with E-state index in [-0.39, 0.29) is 12.4 Å². The minimum Gasteiger partial charge on any atom is -0.348 e. The van der Waals surface area contributed by atoms with E-state index in [1.54, 1.807) is 12.1 Å². The summed E-state index contributed by atoms with van der Waals surface area (Å²) in [6.07, 6.45) is 0.993. The molecule has 0 spiro atoms. The van der Waals surface area contributed by atoms with Gasteiger partial charge in [-0.25, -0.2) is 22.5 Å². The van der Waals surface area contributed by atoms with E-state index >= 15 is 0 Å². The van der Waals surface area contributed by atoms with Crippen LogP contribution in [0, 0.1) is 5.82 Å². The summed E-state index contributed by atoms with van der Waals surface area (Å²) in [4.78, 5) is 16.2. The zero-order valence-corrected chi connectivity index (χ0v) is 14.2. The molecule has 0 bridgehead atoms. The summed E-state index contributed by atoms with van der Waals surface area (Å²) in [6, 6.07) is 5.11. The van der Waals surface area contributed by atoms with Gasteiger partial charge in [-0.1, -0.05) is 0 Å². The van der Waals surface area contributed by atoms with Crippen LogP contribution in [-0.4, -0.2) is 31.6 Å². The fraction of sp³-hybridized carbons (Fsp3) is 0.286. The number of thiazole rings is 1. The van der Waals surface area contributed by atoms with Crippen molar-refractivity contribution in [1.82, 2.24) is 15.0 Å². The summed E-state index contributed by atoms with van der Waals surface area (Å²) in [6.45, 7) is 1.66. The van der Waals surface area contributed by atoms with Crippen molar-refractivity contribution >= 4 is 27.3 Å². The first-order valence-electron chi connectivity index (χ1n) is 6.70. The van der Waals surface area contributed by atoms with Crippen molar-refractivity contribution in [2.24, 2.45) is 0 Å². The number of hydrogen-bond acceptors (Lipinski definition) is 5. The maximum absolute atomic E-state index is 12.9. The second kappa shape index (κ2) is 7.16. The van der Waals surface area contributed by atoms with Crippen LogP contribution in [0.3, 0.4) is 0 Å². The highest BCUT2D eigenvalue weighted by molar-refractivity contribution is 7.88. The van der Waals surface area contributed by atoms with Crippen molar-refractivity contribution in [2.45, 2.75) is 19.5 Å². The number of rotatable bonds is 6. The Bertz CT molecular complexity index is 788. The SMILES string of the molecule is C[C@@H](NS(C)(=O)=O)C(=O)NCc1nc(-c2ccc(F)cc2)cs1. The molecule has 1 aromatic carbocycles. The van der Waals surface area contributed by atoms with Gasteiger partial charge in [0.05, 0.1) is 24.5 Å². The predicted molar refractivity (Wildman–Crippen MR) is 86.8 cm³/mol. The Morgan fingerprint density at radius 2 is 2.00 bits per heavy atom. The molecule has 9 heteroatoms. The van der Waals surface area contributed by atoms with E-state index in [2.05, 4.69) is 15.0 Å². The maximum atomic E-state index is 12.9. The van der Waals surface area contributed by atoms with Gasteiger partial charge in [0.25, 0.3) is 0 Å². The minimum absolute atomic E-state index is 0.195. The lowest BCUT2D eigenvalue weighted by Crippen LogP contribution is -2.44. The molecule has 0 saturated heterocycles. The highest BCUT2D eigenvalue weighted by atomic mass is 32.2. The van der Waals surface area contributed by atoms with Crippen LogP contribution in [0.5, 0.6) is 0 Å². The largest absolute Gasteiger partial charge is 0.348 e. The fourth-order valence-electron chi connectivity index (χ4n) is 1.84. The summed E-state index contributed by atoms with van der Waals surface area (Å²) >= 11 is 1.36. The van der Waals surface area contributed by atoms with Gasteiger partial charge < -0.3 is 5.32 Å². The van der Waals surface area contributed by atoms with Crippen molar-refractivity contribution < 1.29 is 17.6 Å². The van der Waals surface area contributed by atoms with Crippen LogP contribution in [0.15, 0.2) is 29.6 Å². The number of nitrogens with one attached hydrogen (secondary N) is 2. The highest BCUT2D eigenvalue weighted by Gasteiger charge is 2.17. The van der Waals surface area contributed by atoms with Gasteiger partial charge in [-0.15, -0.1) is 11.3 Å². The maximum Gasteiger partial charge on any atom is 0.238 e. The van der Waals surface area contributed by atoms with Gasteiger partial charge in [-0.2, -0.15) is 0 Å². The summed E-state index contributed by atoms with van der Waals surface area (Å²) in [7, 11) is -3.44. The molecule has 1 aromatic heterocycles. The van der Waals surface area contributed by atoms with Crippen molar-refractivity contribution in [1.29, 1.82) is 0 Å². The van der Waals surface area contributed by atoms with Crippen LogP contribution < -0.4 is 10.0 Å². The predicted octanol–water partition coefficient (Wildman–Crippen LogP) is 1.50. The van der Waals surface area contributed by atoms with E-state index < -0.39 is 22.0 Å². The van der Waals surface area contributed by atoms with E-state index in [4.69, 9.17) is 0 Å². The minimum atomic E-state index is -3.44. The Labute approximate surface area is 137 Å². The topological polar surface area (TPSA) is 88.2 Å². The van der Waals surface area contributed by atoms with Crippen molar-refractivity contribution in [2.75, 3.05) is 6.26 Å². The molecule has 0 fully saturated rings. The molecule has 2 aromatic rings. The number of carbonyl (C=O) groups is 1. The molecule has 23 heavy (non-hydrogen) atoms. The number of carbonyl (C=O) groups excluding carboxylic acids is 1. The lowest BCUT2D eigenvalue weighted by molar-refractivity contribution is -0.122. The Morgan fingerprint density at radius 1 is 1.35 bits per heavy atom. The second-order valence-electron chi connectivity index (χ2n) is 4.96. The van der Waals surface area contributed by atoms with Crippen LogP contribution in [0.4, 0.5) is 4.39 Å². The number of amides is 1. The zero-order valence-electron chi connectivity index (χ0n) is 12.5. The van der Waals surface area contributed by atoms with E-state index in [1.807, 2.05) is 5.38 Å². The number of aromatic nitrogens is 1. The van der Waals surface area contributed by atoms with E-state index in [9.17, 15) is 17.6 Å². The van der Waals surface area contributed by atoms with E-state index in [1.165, 1.54) is 30.4 Å². The lowest BCUT2D eigenvalue weighted by Gasteiger charge is -2.11. The molecule has 1 atom stereocenters. The van der Waals surface area contributed by atoms with Gasteiger partial charge in [0.1, 0.15) is 10.8 Å². The van der Waals surface area contributed by atoms with Gasteiger partial charge >= 0.3 is 0 Å². The molecule has 0 aliphatic rings. The number of hydrogen-bond donors (Lipinski definition) is 2. The molecule has 2 N–H and O–H groups in total. The summed E-state index contributed by atoms with van der Waals surface area (Å²) in [5.41, 5.74) is 1.48. The summed E-state index contributed by atoms with van der Waals surface area (Å²) < 4.78 is 37.2. The Morgan fingerprint density at radius 3 is 2.61 bits per heavy atom. The van der Waals surface area contributed by atoms with Gasteiger partial charge in [0.2, 0.25) is 15.9 Å². The van der Waals surface area contributed by atoms with Crippen LogP contribution in [-0.2, 0) is 21.4 Å². The highest BCUT2D eigenvalue weighted by Crippen LogP contribution is 2.22. The average Bonchev–Trinajstić information content (AvgIpc) is 2.92. The van der Waals surface area contributed by atoms with Crippen molar-refractivity contribution in [3.05, 3.63) is 40.5 Å². The van der Waals surface area contributed by atoms with Gasteiger partial charge in [0, 0.05) is 10.9 Å². The zero-order chi connectivity index (χ0) is 17.0. The first-order valence-corrected chi connectivity index (χ1v) is 9.47. The molecular formula is C14H16FN3O3S2. The lowest BCUT2D eigenvalue weighted by atomic mass is 10.2. The number of nitrogens with zero attached hydrogens (tertiary/aromatic N) is 1. The number of benzene rings is 1. The first kappa shape index (κ1) is 17.5. The Kier molecular flexibility index (Phi) is 5.45. The van der Waals surface area contributed by atoms with Gasteiger partial charge in [-0.05, 0) is 31.2 Å². The fourth-order valence-corrected chi connectivity index (χ4v) is 3.33. The van der Waals surface area contributed by atoms with Crippen LogP contribution in [0.25, 0.3) is 11.3 Å². The number of halogens is 1. The molecule has 124 valence electrons. The molecule has 0 unspecified atom stereocenters. The van der Waals surface area contributed by atoms with E-state index in [0.717, 1.165) is 11.8 Å². The molecule has 0 aliphatic carbocycles. The second-order valence-corrected chi connectivity index (χ2v) is 7.69. The average molecular weight is 357 g/mol. The number of sulfonamides is 1. The van der Waals surface area contributed by atoms with Gasteiger partial charge in [0.15, 0.2) is 0 Å². The van der Waals surface area contributed by atoms with Crippen LogP contribution in [0.1, 0.15) is 11.9 Å². The van der Waals surface area contributed by atoms with Crippen molar-refractivity contribution in [3.63, 3.8) is 0 Å². The molecule has 2 rings (SSSR count). The quantitative estimate of drug-likeness (QED) is 0.820. The van der Waals surface area contributed by atoms with Crippen LogP contribution >= 0.6 is 11.3 Å². The van der Waals surface area contributed by atoms with Crippen LogP contribution in [0.2, 0.25) is 0 Å². The monoisotopic (exact) mass is 357 g/mol. The Hall–Kier alpha value is -1.84. The third-order valence-corrected chi connectivity index (χ3v) is 4.52. The molecule has 1 amide bonds. The molecule has 6 nitrogen and oxygen atoms in total. The standard InChI is InChI=1S/C14H16FN3O3S2/c1-9(18-23(2,20)21)14(19)16-7-13-17-12(8-22-13)10-3-5-11(15)6-4-10/h3-6,8-9,18H,7H2,1-2H3,(H,16,19)/t9-/m1/s1. The molecular weight excluding hydrogens is 341 g/mol. The molecule has 0 aliphatic heterocycles. The summed E-state index contributed by atoms with van der Waals surface area (Å²) in [5.74, 6) is -0.752.